The van der Waals surface area contributed by atoms with Crippen LogP contribution in [0.25, 0.3) is 0 Å². The van der Waals surface area contributed by atoms with Gasteiger partial charge in [-0.15, -0.1) is 11.3 Å². The van der Waals surface area contributed by atoms with Gasteiger partial charge in [0, 0.05) is 23.2 Å². The van der Waals surface area contributed by atoms with Crippen molar-refractivity contribution in [2.75, 3.05) is 13.2 Å². The molecule has 2 aliphatic rings. The molecular formula is C19H27N3O3S. The molecule has 3 atom stereocenters. The zero-order valence-corrected chi connectivity index (χ0v) is 16.2. The number of nitrogens with one attached hydrogen (secondary N) is 3. The summed E-state index contributed by atoms with van der Waals surface area (Å²) < 4.78 is 5.28. The van der Waals surface area contributed by atoms with Crippen LogP contribution in [0.3, 0.4) is 0 Å². The molecule has 6 nitrogen and oxygen atoms in total. The molecule has 26 heavy (non-hydrogen) atoms. The van der Waals surface area contributed by atoms with Crippen LogP contribution in [0, 0.1) is 5.92 Å². The van der Waals surface area contributed by atoms with Crippen LogP contribution in [0.4, 0.5) is 4.79 Å². The third-order valence-electron chi connectivity index (χ3n) is 5.13. The van der Waals surface area contributed by atoms with Gasteiger partial charge in [-0.25, -0.2) is 9.59 Å². The van der Waals surface area contributed by atoms with E-state index in [0.29, 0.717) is 36.4 Å². The number of carbonyl (C=O) groups excluding carboxylic acids is 2. The maximum atomic E-state index is 12.6. The monoisotopic (exact) mass is 377 g/mol. The number of hydrogen-bond donors (Lipinski definition) is 3. The topological polar surface area (TPSA) is 79.5 Å². The van der Waals surface area contributed by atoms with E-state index in [1.165, 1.54) is 30.6 Å². The number of rotatable bonds is 6. The molecule has 1 saturated carbocycles. The van der Waals surface area contributed by atoms with E-state index in [0.717, 1.165) is 11.3 Å². The summed E-state index contributed by atoms with van der Waals surface area (Å²) >= 11 is 1.51. The molecule has 1 aromatic heterocycles. The predicted molar refractivity (Wildman–Crippen MR) is 102 cm³/mol. The Bertz CT molecular complexity index is 672. The highest BCUT2D eigenvalue weighted by atomic mass is 32.1. The van der Waals surface area contributed by atoms with Gasteiger partial charge in [0.25, 0.3) is 0 Å². The third kappa shape index (κ3) is 4.27. The van der Waals surface area contributed by atoms with E-state index >= 15 is 0 Å². The van der Waals surface area contributed by atoms with Gasteiger partial charge in [-0.3, -0.25) is 0 Å². The molecular weight excluding hydrogens is 350 g/mol. The molecule has 0 unspecified atom stereocenters. The highest BCUT2D eigenvalue weighted by Crippen LogP contribution is 2.31. The average Bonchev–Trinajstić information content (AvgIpc) is 3.15. The highest BCUT2D eigenvalue weighted by molar-refractivity contribution is 7.10. The maximum Gasteiger partial charge on any atom is 0.338 e. The van der Waals surface area contributed by atoms with Crippen molar-refractivity contribution in [2.45, 2.75) is 51.6 Å². The fourth-order valence-electron chi connectivity index (χ4n) is 3.73. The average molecular weight is 378 g/mol. The molecule has 2 amide bonds. The molecule has 2 heterocycles. The zero-order chi connectivity index (χ0) is 18.5. The Balaban J connectivity index is 1.85. The minimum absolute atomic E-state index is 0.287. The maximum absolute atomic E-state index is 12.6. The van der Waals surface area contributed by atoms with Gasteiger partial charge < -0.3 is 20.7 Å². The van der Waals surface area contributed by atoms with E-state index < -0.39 is 6.04 Å². The Kier molecular flexibility index (Phi) is 6.32. The molecule has 0 bridgehead atoms. The Hall–Kier alpha value is -1.86. The second kappa shape index (κ2) is 8.68. The summed E-state index contributed by atoms with van der Waals surface area (Å²) in [6.07, 6.45) is 4.84. The smallest absolute Gasteiger partial charge is 0.338 e. The third-order valence-corrected chi connectivity index (χ3v) is 6.07. The van der Waals surface area contributed by atoms with Crippen molar-refractivity contribution in [3.63, 3.8) is 0 Å². The number of hydrogen-bond acceptors (Lipinski definition) is 5. The minimum Gasteiger partial charge on any atom is -0.463 e. The lowest BCUT2D eigenvalue weighted by Gasteiger charge is -2.32. The molecule has 0 spiro atoms. The summed E-state index contributed by atoms with van der Waals surface area (Å²) in [6.45, 7) is 4.80. The van der Waals surface area contributed by atoms with Gasteiger partial charge in [-0.1, -0.05) is 25.8 Å². The van der Waals surface area contributed by atoms with Gasteiger partial charge in [0.1, 0.15) is 0 Å². The minimum atomic E-state index is -0.469. The molecule has 7 heteroatoms. The molecule has 142 valence electrons. The predicted octanol–water partition coefficient (Wildman–Crippen LogP) is 3.09. The summed E-state index contributed by atoms with van der Waals surface area (Å²) in [5, 5.41) is 11.2. The molecule has 1 aliphatic heterocycles. The number of amides is 2. The van der Waals surface area contributed by atoms with Gasteiger partial charge in [0.15, 0.2) is 0 Å². The van der Waals surface area contributed by atoms with Crippen molar-refractivity contribution in [1.82, 2.24) is 16.0 Å². The lowest BCUT2D eigenvalue weighted by atomic mass is 9.86. The number of urea groups is 1. The molecule has 0 saturated heterocycles. The fourth-order valence-corrected chi connectivity index (χ4v) is 4.51. The van der Waals surface area contributed by atoms with Gasteiger partial charge in [-0.2, -0.15) is 0 Å². The van der Waals surface area contributed by atoms with Gasteiger partial charge in [0.2, 0.25) is 0 Å². The van der Waals surface area contributed by atoms with Crippen LogP contribution in [-0.2, 0) is 9.53 Å². The quantitative estimate of drug-likeness (QED) is 0.666. The number of ether oxygens (including phenoxy) is 1. The number of carbonyl (C=O) groups is 2. The van der Waals surface area contributed by atoms with Crippen LogP contribution < -0.4 is 16.0 Å². The first kappa shape index (κ1) is 18.9. The summed E-state index contributed by atoms with van der Waals surface area (Å²) in [6, 6.07) is 3.49. The van der Waals surface area contributed by atoms with Crippen molar-refractivity contribution in [1.29, 1.82) is 0 Å². The van der Waals surface area contributed by atoms with Gasteiger partial charge in [0.05, 0.1) is 18.2 Å². The number of esters is 1. The summed E-state index contributed by atoms with van der Waals surface area (Å²) in [7, 11) is 0. The molecule has 3 N–H and O–H groups in total. The fraction of sp³-hybridized carbons (Fsp3) is 0.579. The SMILES string of the molecule is CCOC(=O)C1=C(CN[C@@H]2CCCC[C@H]2C)NC(=O)N[C@H]1c1cccs1. The molecule has 3 rings (SSSR count). The molecule has 0 aromatic carbocycles. The Morgan fingerprint density at radius 1 is 1.38 bits per heavy atom. The van der Waals surface area contributed by atoms with E-state index in [1.807, 2.05) is 17.5 Å². The molecule has 1 fully saturated rings. The normalized spacial score (nSPS) is 26.2. The van der Waals surface area contributed by atoms with E-state index in [-0.39, 0.29) is 12.0 Å². The highest BCUT2D eigenvalue weighted by Gasteiger charge is 2.34. The van der Waals surface area contributed by atoms with E-state index in [1.54, 1.807) is 6.92 Å². The summed E-state index contributed by atoms with van der Waals surface area (Å²) in [5.74, 6) is 0.216. The molecule has 1 aromatic rings. The molecule has 1 aliphatic carbocycles. The van der Waals surface area contributed by atoms with Crippen LogP contribution in [0.1, 0.15) is 50.4 Å². The first-order valence-corrected chi connectivity index (χ1v) is 10.2. The lowest BCUT2D eigenvalue weighted by molar-refractivity contribution is -0.139. The first-order chi connectivity index (χ1) is 12.6. The van der Waals surface area contributed by atoms with Crippen LogP contribution >= 0.6 is 11.3 Å². The lowest BCUT2D eigenvalue weighted by Crippen LogP contribution is -2.49. The number of thiophene rings is 1. The largest absolute Gasteiger partial charge is 0.463 e. The van der Waals surface area contributed by atoms with Crippen molar-refractivity contribution in [3.05, 3.63) is 33.7 Å². The van der Waals surface area contributed by atoms with Crippen LogP contribution in [0.2, 0.25) is 0 Å². The summed E-state index contributed by atoms with van der Waals surface area (Å²) in [5.41, 5.74) is 1.10. The van der Waals surface area contributed by atoms with Crippen LogP contribution in [0.5, 0.6) is 0 Å². The van der Waals surface area contributed by atoms with Crippen molar-refractivity contribution in [2.24, 2.45) is 5.92 Å². The van der Waals surface area contributed by atoms with Crippen LogP contribution in [0.15, 0.2) is 28.8 Å². The van der Waals surface area contributed by atoms with Crippen molar-refractivity contribution >= 4 is 23.3 Å². The van der Waals surface area contributed by atoms with Gasteiger partial charge in [-0.05, 0) is 37.1 Å². The van der Waals surface area contributed by atoms with E-state index in [2.05, 4.69) is 22.9 Å². The van der Waals surface area contributed by atoms with Crippen LogP contribution in [-0.4, -0.2) is 31.2 Å². The summed E-state index contributed by atoms with van der Waals surface area (Å²) in [4.78, 5) is 25.8. The Labute approximate surface area is 158 Å². The Morgan fingerprint density at radius 3 is 2.88 bits per heavy atom. The Morgan fingerprint density at radius 2 is 2.19 bits per heavy atom. The standard InChI is InChI=1S/C19H27N3O3S/c1-3-25-18(23)16-14(11-20-13-8-5-4-7-12(13)2)21-19(24)22-17(16)15-9-6-10-26-15/h6,9-10,12-13,17,20H,3-5,7-8,11H2,1-2H3,(H2,21,22,24)/t12-,13-,17+/m1/s1. The first-order valence-electron chi connectivity index (χ1n) is 9.34. The van der Waals surface area contributed by atoms with E-state index in [4.69, 9.17) is 4.74 Å². The van der Waals surface area contributed by atoms with Gasteiger partial charge >= 0.3 is 12.0 Å². The zero-order valence-electron chi connectivity index (χ0n) is 15.3. The second-order valence-corrected chi connectivity index (χ2v) is 7.89. The van der Waals surface area contributed by atoms with Crippen molar-refractivity contribution < 1.29 is 14.3 Å². The molecule has 0 radical (unpaired) electrons. The second-order valence-electron chi connectivity index (χ2n) is 6.91. The van der Waals surface area contributed by atoms with Crippen molar-refractivity contribution in [3.8, 4) is 0 Å². The van der Waals surface area contributed by atoms with E-state index in [9.17, 15) is 9.59 Å².